The van der Waals surface area contributed by atoms with Gasteiger partial charge in [0.1, 0.15) is 0 Å². The minimum atomic E-state index is -3.25. The zero-order valence-corrected chi connectivity index (χ0v) is 21.7. The first-order valence-electron chi connectivity index (χ1n) is 11.7. The van der Waals surface area contributed by atoms with Crippen molar-refractivity contribution in [3.8, 4) is 11.1 Å². The van der Waals surface area contributed by atoms with Gasteiger partial charge in [0.25, 0.3) is 0 Å². The predicted octanol–water partition coefficient (Wildman–Crippen LogP) is 3.16. The quantitative estimate of drug-likeness (QED) is 0.384. The van der Waals surface area contributed by atoms with Crippen LogP contribution in [-0.2, 0) is 9.84 Å². The first-order chi connectivity index (χ1) is 16.7. The number of rotatable bonds is 6. The van der Waals surface area contributed by atoms with Crippen LogP contribution in [0.25, 0.3) is 16.8 Å². The molecule has 10 heteroatoms. The van der Waals surface area contributed by atoms with Crippen LogP contribution in [0.5, 0.6) is 0 Å². The van der Waals surface area contributed by atoms with Gasteiger partial charge in [-0.1, -0.05) is 0 Å². The molecule has 0 amide bonds. The summed E-state index contributed by atoms with van der Waals surface area (Å²) < 4.78 is 25.3. The molecule has 0 spiro atoms. The summed E-state index contributed by atoms with van der Waals surface area (Å²) in [7, 11) is -5.67. The molecule has 2 aromatic heterocycles. The number of sulfone groups is 1. The number of aromatic nitrogens is 3. The second kappa shape index (κ2) is 9.32. The van der Waals surface area contributed by atoms with Gasteiger partial charge in [0.05, 0.1) is 4.90 Å². The summed E-state index contributed by atoms with van der Waals surface area (Å²) in [5.41, 5.74) is 3.24. The van der Waals surface area contributed by atoms with Gasteiger partial charge in [-0.25, -0.2) is 8.42 Å². The molecule has 2 aromatic carbocycles. The maximum atomic E-state index is 11.8. The summed E-state index contributed by atoms with van der Waals surface area (Å²) in [4.78, 5) is 18.6. The van der Waals surface area contributed by atoms with Gasteiger partial charge in [-0.3, -0.25) is 0 Å². The van der Waals surface area contributed by atoms with Crippen molar-refractivity contribution in [3.63, 3.8) is 0 Å². The van der Waals surface area contributed by atoms with Crippen molar-refractivity contribution >= 4 is 39.9 Å². The van der Waals surface area contributed by atoms with Crippen molar-refractivity contribution in [1.29, 1.82) is 0 Å². The number of nitrogens with zero attached hydrogens (tertiary/aromatic N) is 4. The summed E-state index contributed by atoms with van der Waals surface area (Å²) >= 11 is 0. The number of benzene rings is 2. The number of hydrogen-bond donors (Lipinski definition) is 2. The second-order valence-corrected chi connectivity index (χ2v) is 14.7. The predicted molar refractivity (Wildman–Crippen MR) is 143 cm³/mol. The van der Waals surface area contributed by atoms with E-state index in [1.165, 1.54) is 6.26 Å². The van der Waals surface area contributed by atoms with E-state index in [9.17, 15) is 13.3 Å². The van der Waals surface area contributed by atoms with E-state index in [1.54, 1.807) is 28.8 Å². The molecule has 5 rings (SSSR count). The van der Waals surface area contributed by atoms with E-state index in [4.69, 9.17) is 0 Å². The molecule has 0 atom stereocenters. The average Bonchev–Trinajstić information content (AvgIpc) is 3.27. The first-order valence-corrected chi connectivity index (χ1v) is 16.0. The zero-order valence-electron chi connectivity index (χ0n) is 19.8. The maximum absolute atomic E-state index is 11.8. The van der Waals surface area contributed by atoms with Crippen LogP contribution in [0.4, 0.5) is 11.6 Å². The Morgan fingerprint density at radius 3 is 2.34 bits per heavy atom. The molecule has 184 valence electrons. The third kappa shape index (κ3) is 4.95. The molecule has 1 fully saturated rings. The SMILES string of the molecule is CCN1CC[PH](O)(c2ccc(Nc3nc4c(-c5ccc(S(C)(=O)=O)cc5)cccn4n3)cc2)CC1. The number of anilines is 2. The Labute approximate surface area is 206 Å². The van der Waals surface area contributed by atoms with Crippen LogP contribution in [0.2, 0.25) is 0 Å². The van der Waals surface area contributed by atoms with Crippen LogP contribution in [0.3, 0.4) is 0 Å². The molecule has 1 aliphatic heterocycles. The van der Waals surface area contributed by atoms with Crippen molar-refractivity contribution in [2.45, 2.75) is 11.8 Å². The second-order valence-electron chi connectivity index (χ2n) is 9.09. The van der Waals surface area contributed by atoms with E-state index < -0.39 is 17.3 Å². The molecule has 0 bridgehead atoms. The molecule has 1 aliphatic rings. The summed E-state index contributed by atoms with van der Waals surface area (Å²) in [6, 6.07) is 18.6. The van der Waals surface area contributed by atoms with Gasteiger partial charge < -0.3 is 0 Å². The molecule has 0 radical (unpaired) electrons. The molecule has 0 unspecified atom stereocenters. The third-order valence-electron chi connectivity index (χ3n) is 6.76. The first kappa shape index (κ1) is 23.9. The van der Waals surface area contributed by atoms with Gasteiger partial charge in [0.2, 0.25) is 0 Å². The average molecular weight is 512 g/mol. The Balaban J connectivity index is 1.36. The molecule has 8 nitrogen and oxygen atoms in total. The van der Waals surface area contributed by atoms with Crippen LogP contribution in [0.15, 0.2) is 71.8 Å². The number of hydrogen-bond acceptors (Lipinski definition) is 7. The Bertz CT molecular complexity index is 1450. The number of nitrogens with one attached hydrogen (secondary N) is 1. The summed E-state index contributed by atoms with van der Waals surface area (Å²) in [5.74, 6) is 0.463. The summed E-state index contributed by atoms with van der Waals surface area (Å²) in [6.45, 7) is 5.12. The van der Waals surface area contributed by atoms with E-state index >= 15 is 0 Å². The van der Waals surface area contributed by atoms with Crippen LogP contribution < -0.4 is 10.6 Å². The molecular weight excluding hydrogens is 481 g/mol. The Hall–Kier alpha value is -2.84. The molecular formula is C25H30N5O3PS. The van der Waals surface area contributed by atoms with Crippen molar-refractivity contribution < 1.29 is 13.3 Å². The molecule has 0 aliphatic carbocycles. The monoisotopic (exact) mass is 511 g/mol. The molecule has 3 heterocycles. The third-order valence-corrected chi connectivity index (χ3v) is 11.4. The van der Waals surface area contributed by atoms with Crippen LogP contribution in [0, 0.1) is 0 Å². The van der Waals surface area contributed by atoms with Gasteiger partial charge >= 0.3 is 177 Å². The fraction of sp³-hybridized carbons (Fsp3) is 0.280. The van der Waals surface area contributed by atoms with Crippen LogP contribution in [-0.4, -0.2) is 71.0 Å². The Morgan fingerprint density at radius 2 is 1.71 bits per heavy atom. The van der Waals surface area contributed by atoms with E-state index in [2.05, 4.69) is 27.2 Å². The fourth-order valence-corrected chi connectivity index (χ4v) is 8.20. The Morgan fingerprint density at radius 1 is 1.03 bits per heavy atom. The van der Waals surface area contributed by atoms with Crippen molar-refractivity contribution in [1.82, 2.24) is 19.5 Å². The molecule has 1 saturated heterocycles. The summed E-state index contributed by atoms with van der Waals surface area (Å²) in [5, 5.41) is 8.88. The van der Waals surface area contributed by atoms with Crippen LogP contribution >= 0.6 is 7.49 Å². The van der Waals surface area contributed by atoms with Gasteiger partial charge in [-0.15, -0.1) is 0 Å². The van der Waals surface area contributed by atoms with Gasteiger partial charge in [0.15, 0.2) is 9.84 Å². The van der Waals surface area contributed by atoms with E-state index in [-0.39, 0.29) is 4.90 Å². The summed E-state index contributed by atoms with van der Waals surface area (Å²) in [6.07, 6.45) is 4.77. The number of pyridine rings is 1. The van der Waals surface area contributed by atoms with Gasteiger partial charge in [-0.2, -0.15) is 0 Å². The topological polar surface area (TPSA) is 99.8 Å². The van der Waals surface area contributed by atoms with Crippen molar-refractivity contribution in [2.24, 2.45) is 0 Å². The molecule has 2 N–H and O–H groups in total. The molecule has 0 saturated carbocycles. The van der Waals surface area contributed by atoms with E-state index in [0.29, 0.717) is 11.6 Å². The van der Waals surface area contributed by atoms with E-state index in [1.807, 2.05) is 42.6 Å². The fourth-order valence-electron chi connectivity index (χ4n) is 4.59. The zero-order chi connectivity index (χ0) is 24.6. The van der Waals surface area contributed by atoms with Gasteiger partial charge in [0, 0.05) is 6.26 Å². The normalized spacial score (nSPS) is 17.3. The van der Waals surface area contributed by atoms with Crippen LogP contribution in [0.1, 0.15) is 6.92 Å². The standard InChI is InChI=1S/C25H30N5O3PS/c1-3-29-15-17-34(31,18-16-29)21-10-8-20(9-11-21)26-25-27-24-23(5-4-14-30(24)28-25)19-6-12-22(13-7-19)35(2,32)33/h4-14,31,34H,3,15-18H2,1-2H3,(H,26,28). The Kier molecular flexibility index (Phi) is 6.36. The van der Waals surface area contributed by atoms with Crippen molar-refractivity contribution in [2.75, 3.05) is 43.5 Å². The van der Waals surface area contributed by atoms with E-state index in [0.717, 1.165) is 54.1 Å². The minimum absolute atomic E-state index is 0.282. The molecule has 4 aromatic rings. The number of fused-ring (bicyclic) bond motifs is 1. The van der Waals surface area contributed by atoms with Crippen molar-refractivity contribution in [3.05, 3.63) is 66.9 Å². The molecule has 35 heavy (non-hydrogen) atoms. The van der Waals surface area contributed by atoms with Gasteiger partial charge in [-0.05, 0) is 0 Å².